The average molecular weight is 422 g/mol. The van der Waals surface area contributed by atoms with E-state index < -0.39 is 0 Å². The second-order valence-corrected chi connectivity index (χ2v) is 9.82. The Bertz CT molecular complexity index is 860. The number of esters is 1. The molecule has 1 saturated carbocycles. The minimum atomic E-state index is -0.0120. The minimum absolute atomic E-state index is 0.0120. The molecule has 1 saturated heterocycles. The predicted molar refractivity (Wildman–Crippen MR) is 128 cm³/mol. The molecule has 0 atom stereocenters. The molecule has 0 unspecified atom stereocenters. The van der Waals surface area contributed by atoms with Crippen LogP contribution in [0.1, 0.15) is 69.9 Å². The van der Waals surface area contributed by atoms with E-state index in [2.05, 4.69) is 48.2 Å². The summed E-state index contributed by atoms with van der Waals surface area (Å²) in [5.74, 6) is 1.92. The van der Waals surface area contributed by atoms with Gasteiger partial charge in [-0.2, -0.15) is 0 Å². The topological polar surface area (TPSA) is 29.5 Å². The van der Waals surface area contributed by atoms with Gasteiger partial charge in [-0.25, -0.2) is 0 Å². The predicted octanol–water partition coefficient (Wildman–Crippen LogP) is 6.37. The average Bonchev–Trinajstić information content (AvgIpc) is 2.80. The van der Waals surface area contributed by atoms with Gasteiger partial charge in [-0.15, -0.1) is 0 Å². The van der Waals surface area contributed by atoms with Crippen LogP contribution in [-0.4, -0.2) is 30.6 Å². The maximum absolute atomic E-state index is 12.0. The van der Waals surface area contributed by atoms with E-state index in [1.807, 2.05) is 6.92 Å². The molecule has 1 heterocycles. The molecule has 168 valence electrons. The maximum atomic E-state index is 12.0. The van der Waals surface area contributed by atoms with Crippen molar-refractivity contribution in [1.82, 2.24) is 4.90 Å². The van der Waals surface area contributed by atoms with Crippen LogP contribution in [-0.2, 0) is 22.5 Å². The van der Waals surface area contributed by atoms with Crippen molar-refractivity contribution in [3.8, 4) is 0 Å². The highest BCUT2D eigenvalue weighted by Crippen LogP contribution is 2.33. The lowest BCUT2D eigenvalue weighted by Gasteiger charge is -2.30. The summed E-state index contributed by atoms with van der Waals surface area (Å²) in [7, 11) is 0. The highest BCUT2D eigenvalue weighted by molar-refractivity contribution is 5.83. The molecular weight excluding hydrogens is 382 g/mol. The van der Waals surface area contributed by atoms with E-state index in [0.717, 1.165) is 44.3 Å². The van der Waals surface area contributed by atoms with E-state index in [1.54, 1.807) is 0 Å². The van der Waals surface area contributed by atoms with E-state index in [4.69, 9.17) is 4.74 Å². The Hall–Kier alpha value is -1.87. The molecule has 0 radical (unpaired) electrons. The fraction of sp³-hybridized carbons (Fsp3) is 0.607. The van der Waals surface area contributed by atoms with Gasteiger partial charge in [-0.05, 0) is 91.9 Å². The minimum Gasteiger partial charge on any atom is -0.466 e. The van der Waals surface area contributed by atoms with Gasteiger partial charge < -0.3 is 4.74 Å². The zero-order valence-electron chi connectivity index (χ0n) is 19.4. The summed E-state index contributed by atoms with van der Waals surface area (Å²) in [6, 6.07) is 14.0. The summed E-state index contributed by atoms with van der Waals surface area (Å²) in [4.78, 5) is 14.4. The van der Waals surface area contributed by atoms with Gasteiger partial charge in [-0.3, -0.25) is 9.69 Å². The molecule has 31 heavy (non-hydrogen) atoms. The lowest BCUT2D eigenvalue weighted by atomic mass is 9.78. The van der Waals surface area contributed by atoms with Crippen LogP contribution in [0.3, 0.4) is 0 Å². The highest BCUT2D eigenvalue weighted by Gasteiger charge is 2.26. The van der Waals surface area contributed by atoms with Crippen LogP contribution in [0.15, 0.2) is 36.4 Å². The number of piperidine rings is 1. The first-order valence-corrected chi connectivity index (χ1v) is 12.5. The molecule has 3 nitrogen and oxygen atoms in total. The first-order chi connectivity index (χ1) is 15.1. The summed E-state index contributed by atoms with van der Waals surface area (Å²) in [5.41, 5.74) is 2.87. The second kappa shape index (κ2) is 10.6. The summed E-state index contributed by atoms with van der Waals surface area (Å²) in [5, 5.41) is 2.71. The number of benzene rings is 2. The number of likely N-dealkylation sites (tertiary alicyclic amines) is 1. The molecule has 2 aromatic rings. The molecule has 2 aromatic carbocycles. The third-order valence-electron chi connectivity index (χ3n) is 7.65. The lowest BCUT2D eigenvalue weighted by Crippen LogP contribution is -2.36. The molecule has 0 N–H and O–H groups in total. The van der Waals surface area contributed by atoms with Gasteiger partial charge in [-0.1, -0.05) is 56.5 Å². The monoisotopic (exact) mass is 421 g/mol. The Kier molecular flexibility index (Phi) is 7.66. The number of fused-ring (bicyclic) bond motifs is 1. The molecule has 1 aliphatic heterocycles. The van der Waals surface area contributed by atoms with Crippen LogP contribution in [0.2, 0.25) is 0 Å². The fourth-order valence-electron chi connectivity index (χ4n) is 5.59. The standard InChI is InChI=1S/C28H39NO2/c1-3-21-5-7-22(8-6-21)17-23-9-11-27-19-24(10-12-26(27)18-23)20-29-15-13-25(14-16-29)28(30)31-4-2/h9-12,18-19,21-22,25H,3-8,13-17,20H2,1-2H3. The molecule has 0 bridgehead atoms. The number of ether oxygens (including phenoxy) is 1. The van der Waals surface area contributed by atoms with E-state index >= 15 is 0 Å². The molecule has 2 fully saturated rings. The quantitative estimate of drug-likeness (QED) is 0.486. The smallest absolute Gasteiger partial charge is 0.309 e. The molecule has 1 aliphatic carbocycles. The first-order valence-electron chi connectivity index (χ1n) is 12.5. The van der Waals surface area contributed by atoms with E-state index in [-0.39, 0.29) is 11.9 Å². The third-order valence-corrected chi connectivity index (χ3v) is 7.65. The molecular formula is C28H39NO2. The normalized spacial score (nSPS) is 23.2. The Balaban J connectivity index is 1.32. The van der Waals surface area contributed by atoms with Crippen LogP contribution in [0.25, 0.3) is 10.8 Å². The van der Waals surface area contributed by atoms with Crippen molar-refractivity contribution in [2.75, 3.05) is 19.7 Å². The van der Waals surface area contributed by atoms with Gasteiger partial charge in [0, 0.05) is 6.54 Å². The van der Waals surface area contributed by atoms with Crippen LogP contribution in [0.5, 0.6) is 0 Å². The van der Waals surface area contributed by atoms with Gasteiger partial charge in [0.05, 0.1) is 12.5 Å². The van der Waals surface area contributed by atoms with Crippen molar-refractivity contribution >= 4 is 16.7 Å². The van der Waals surface area contributed by atoms with E-state index in [9.17, 15) is 4.79 Å². The van der Waals surface area contributed by atoms with Crippen LogP contribution >= 0.6 is 0 Å². The SMILES string of the molecule is CCOC(=O)C1CCN(Cc2ccc3cc(CC4CCC(CC)CC4)ccc3c2)CC1. The number of carbonyl (C=O) groups excluding carboxylic acids is 1. The molecule has 4 rings (SSSR count). The zero-order valence-corrected chi connectivity index (χ0v) is 19.4. The zero-order chi connectivity index (χ0) is 21.6. The Morgan fingerprint density at radius 3 is 2.13 bits per heavy atom. The van der Waals surface area contributed by atoms with Crippen molar-refractivity contribution < 1.29 is 9.53 Å². The van der Waals surface area contributed by atoms with Gasteiger partial charge in [0.2, 0.25) is 0 Å². The van der Waals surface area contributed by atoms with Crippen LogP contribution in [0.4, 0.5) is 0 Å². The second-order valence-electron chi connectivity index (χ2n) is 9.82. The van der Waals surface area contributed by atoms with Gasteiger partial charge in [0.1, 0.15) is 0 Å². The van der Waals surface area contributed by atoms with Crippen molar-refractivity contribution in [3.63, 3.8) is 0 Å². The molecule has 2 aliphatic rings. The van der Waals surface area contributed by atoms with Gasteiger partial charge in [0.25, 0.3) is 0 Å². The van der Waals surface area contributed by atoms with Crippen molar-refractivity contribution in [2.24, 2.45) is 17.8 Å². The highest BCUT2D eigenvalue weighted by atomic mass is 16.5. The molecule has 3 heteroatoms. The van der Waals surface area contributed by atoms with Gasteiger partial charge in [0.15, 0.2) is 0 Å². The van der Waals surface area contributed by atoms with Crippen molar-refractivity contribution in [1.29, 1.82) is 0 Å². The maximum Gasteiger partial charge on any atom is 0.309 e. The van der Waals surface area contributed by atoms with Crippen LogP contribution < -0.4 is 0 Å². The number of hydrogen-bond donors (Lipinski definition) is 0. The van der Waals surface area contributed by atoms with E-state index in [0.29, 0.717) is 6.61 Å². The summed E-state index contributed by atoms with van der Waals surface area (Å²) in [6.45, 7) is 7.62. The summed E-state index contributed by atoms with van der Waals surface area (Å²) in [6.07, 6.45) is 10.1. The molecule has 0 spiro atoms. The van der Waals surface area contributed by atoms with Crippen molar-refractivity contribution in [2.45, 2.75) is 71.8 Å². The Morgan fingerprint density at radius 2 is 1.48 bits per heavy atom. The largest absolute Gasteiger partial charge is 0.466 e. The van der Waals surface area contributed by atoms with E-state index in [1.165, 1.54) is 60.4 Å². The molecule has 0 aromatic heterocycles. The molecule has 0 amide bonds. The lowest BCUT2D eigenvalue weighted by molar-refractivity contribution is -0.149. The number of rotatable bonds is 7. The number of nitrogens with zero attached hydrogens (tertiary/aromatic N) is 1. The number of carbonyl (C=O) groups is 1. The number of hydrogen-bond acceptors (Lipinski definition) is 3. The summed E-state index contributed by atoms with van der Waals surface area (Å²) < 4.78 is 5.19. The first kappa shape index (κ1) is 22.3. The summed E-state index contributed by atoms with van der Waals surface area (Å²) >= 11 is 0. The van der Waals surface area contributed by atoms with Crippen LogP contribution in [0, 0.1) is 17.8 Å². The van der Waals surface area contributed by atoms with Crippen molar-refractivity contribution in [3.05, 3.63) is 47.5 Å². The Labute approximate surface area is 188 Å². The third kappa shape index (κ3) is 5.88. The fourth-order valence-corrected chi connectivity index (χ4v) is 5.59. The Morgan fingerprint density at radius 1 is 0.871 bits per heavy atom. The van der Waals surface area contributed by atoms with Gasteiger partial charge >= 0.3 is 5.97 Å².